The highest BCUT2D eigenvalue weighted by atomic mass is 32.2. The zero-order valence-corrected chi connectivity index (χ0v) is 19.3. The van der Waals surface area contributed by atoms with Gasteiger partial charge in [-0.05, 0) is 61.7 Å². The second-order valence-electron chi connectivity index (χ2n) is 7.96. The highest BCUT2D eigenvalue weighted by Crippen LogP contribution is 2.24. The van der Waals surface area contributed by atoms with E-state index in [4.69, 9.17) is 12.2 Å². The van der Waals surface area contributed by atoms with E-state index in [1.165, 1.54) is 22.5 Å². The molecular formula is C19H28N4O2S3. The topological polar surface area (TPSA) is 67.2 Å². The Morgan fingerprint density at radius 3 is 2.71 bits per heavy atom. The summed E-state index contributed by atoms with van der Waals surface area (Å²) in [5.74, 6) is 0.934. The second-order valence-corrected chi connectivity index (χ2v) is 11.8. The number of aromatic nitrogens is 2. The first-order valence-corrected chi connectivity index (χ1v) is 12.5. The molecule has 1 aliphatic heterocycles. The third kappa shape index (κ3) is 5.40. The Bertz CT molecular complexity index is 995. The van der Waals surface area contributed by atoms with Crippen LogP contribution in [0.15, 0.2) is 18.2 Å². The van der Waals surface area contributed by atoms with Gasteiger partial charge in [-0.3, -0.25) is 4.90 Å². The fourth-order valence-electron chi connectivity index (χ4n) is 3.42. The number of rotatable bonds is 7. The van der Waals surface area contributed by atoms with Crippen LogP contribution >= 0.6 is 23.6 Å². The van der Waals surface area contributed by atoms with Gasteiger partial charge < -0.3 is 5.32 Å². The summed E-state index contributed by atoms with van der Waals surface area (Å²) in [5, 5.41) is 8.72. The van der Waals surface area contributed by atoms with Gasteiger partial charge in [-0.1, -0.05) is 31.3 Å². The summed E-state index contributed by atoms with van der Waals surface area (Å²) in [6, 6.07) is 6.25. The van der Waals surface area contributed by atoms with E-state index in [-0.39, 0.29) is 17.5 Å². The summed E-state index contributed by atoms with van der Waals surface area (Å²) in [7, 11) is -2.93. The zero-order valence-electron chi connectivity index (χ0n) is 16.8. The average Bonchev–Trinajstić information content (AvgIpc) is 3.12. The summed E-state index contributed by atoms with van der Waals surface area (Å²) >= 11 is 6.95. The van der Waals surface area contributed by atoms with Gasteiger partial charge >= 0.3 is 0 Å². The molecule has 2 aromatic rings. The molecular weight excluding hydrogens is 412 g/mol. The van der Waals surface area contributed by atoms with Crippen LogP contribution in [-0.4, -0.2) is 47.2 Å². The predicted molar refractivity (Wildman–Crippen MR) is 119 cm³/mol. The lowest BCUT2D eigenvalue weighted by Gasteiger charge is -2.29. The summed E-state index contributed by atoms with van der Waals surface area (Å²) in [6.45, 7) is 9.79. The van der Waals surface area contributed by atoms with Gasteiger partial charge in [0, 0.05) is 18.3 Å². The molecule has 0 bridgehead atoms. The molecule has 1 aliphatic rings. The molecule has 0 saturated carbocycles. The highest BCUT2D eigenvalue weighted by Gasteiger charge is 2.32. The van der Waals surface area contributed by atoms with Gasteiger partial charge in [0.05, 0.1) is 18.2 Å². The Kier molecular flexibility index (Phi) is 6.58. The van der Waals surface area contributed by atoms with E-state index in [1.54, 1.807) is 4.68 Å². The van der Waals surface area contributed by atoms with Crippen molar-refractivity contribution in [3.63, 3.8) is 0 Å². The fraction of sp³-hybridized carbons (Fsp3) is 0.579. The van der Waals surface area contributed by atoms with E-state index in [0.29, 0.717) is 23.0 Å². The third-order valence-corrected chi connectivity index (χ3v) is 7.98. The quantitative estimate of drug-likeness (QED) is 0.653. The Hall–Kier alpha value is -1.29. The monoisotopic (exact) mass is 440 g/mol. The summed E-state index contributed by atoms with van der Waals surface area (Å²) in [6.07, 6.45) is 0.681. The Labute approximate surface area is 176 Å². The summed E-state index contributed by atoms with van der Waals surface area (Å²) in [5.41, 5.74) is 3.46. The zero-order chi connectivity index (χ0) is 20.5. The summed E-state index contributed by atoms with van der Waals surface area (Å²) < 4.78 is 26.3. The van der Waals surface area contributed by atoms with Crippen LogP contribution in [0.1, 0.15) is 31.4 Å². The van der Waals surface area contributed by atoms with Crippen LogP contribution in [0.25, 0.3) is 0 Å². The van der Waals surface area contributed by atoms with Crippen LogP contribution in [-0.2, 0) is 16.5 Å². The molecule has 0 radical (unpaired) electrons. The lowest BCUT2D eigenvalue weighted by Crippen LogP contribution is -2.40. The molecule has 0 aliphatic carbocycles. The average molecular weight is 441 g/mol. The van der Waals surface area contributed by atoms with E-state index in [1.807, 2.05) is 6.07 Å². The van der Waals surface area contributed by atoms with E-state index >= 15 is 0 Å². The van der Waals surface area contributed by atoms with Crippen molar-refractivity contribution in [3.05, 3.63) is 33.3 Å². The Morgan fingerprint density at radius 1 is 1.36 bits per heavy atom. The first kappa shape index (κ1) is 21.4. The largest absolute Gasteiger partial charge is 0.330 e. The molecule has 0 amide bonds. The standard InChI is InChI=1S/C19H28N4O2S3/c1-13(2)10-22(17-7-8-28(24,25)11-17)12-23-19(26)27-18(21-23)20-16-6-5-14(3)15(4)9-16/h5-6,9,13,17H,7-8,10-12H2,1-4H3,(H,20,21). The molecule has 1 saturated heterocycles. The lowest BCUT2D eigenvalue weighted by atomic mass is 10.1. The first-order valence-electron chi connectivity index (χ1n) is 9.49. The first-order chi connectivity index (χ1) is 13.1. The molecule has 1 aromatic carbocycles. The van der Waals surface area contributed by atoms with Crippen molar-refractivity contribution in [2.75, 3.05) is 23.4 Å². The molecule has 1 atom stereocenters. The van der Waals surface area contributed by atoms with Gasteiger partial charge in [-0.25, -0.2) is 13.1 Å². The third-order valence-electron chi connectivity index (χ3n) is 5.00. The summed E-state index contributed by atoms with van der Waals surface area (Å²) in [4.78, 5) is 2.21. The number of aryl methyl sites for hydroxylation is 2. The molecule has 2 heterocycles. The fourth-order valence-corrected chi connectivity index (χ4v) is 6.19. The van der Waals surface area contributed by atoms with Crippen LogP contribution in [0.2, 0.25) is 0 Å². The van der Waals surface area contributed by atoms with Crippen LogP contribution in [0, 0.1) is 23.7 Å². The predicted octanol–water partition coefficient (Wildman–Crippen LogP) is 4.14. The van der Waals surface area contributed by atoms with Gasteiger partial charge in [-0.15, -0.1) is 5.10 Å². The minimum atomic E-state index is -2.93. The maximum Gasteiger partial charge on any atom is 0.209 e. The van der Waals surface area contributed by atoms with Crippen LogP contribution in [0.5, 0.6) is 0 Å². The molecule has 6 nitrogen and oxygen atoms in total. The van der Waals surface area contributed by atoms with E-state index in [0.717, 1.165) is 17.4 Å². The molecule has 1 unspecified atom stereocenters. The molecule has 1 aromatic heterocycles. The van der Waals surface area contributed by atoms with Crippen molar-refractivity contribution in [2.45, 2.75) is 46.8 Å². The van der Waals surface area contributed by atoms with E-state index in [9.17, 15) is 8.42 Å². The van der Waals surface area contributed by atoms with E-state index < -0.39 is 9.84 Å². The normalized spacial score (nSPS) is 18.9. The molecule has 1 fully saturated rings. The smallest absolute Gasteiger partial charge is 0.209 e. The molecule has 3 rings (SSSR count). The minimum Gasteiger partial charge on any atom is -0.330 e. The minimum absolute atomic E-state index is 0.0344. The molecule has 9 heteroatoms. The van der Waals surface area contributed by atoms with Crippen molar-refractivity contribution < 1.29 is 8.42 Å². The highest BCUT2D eigenvalue weighted by molar-refractivity contribution is 7.91. The number of nitrogens with zero attached hydrogens (tertiary/aromatic N) is 3. The Balaban J connectivity index is 1.76. The van der Waals surface area contributed by atoms with Crippen molar-refractivity contribution in [1.82, 2.24) is 14.7 Å². The number of sulfone groups is 1. The number of hydrogen-bond acceptors (Lipinski definition) is 7. The van der Waals surface area contributed by atoms with Crippen LogP contribution in [0.4, 0.5) is 10.8 Å². The molecule has 0 spiro atoms. The van der Waals surface area contributed by atoms with Crippen LogP contribution < -0.4 is 5.32 Å². The Morgan fingerprint density at radius 2 is 2.11 bits per heavy atom. The van der Waals surface area contributed by atoms with Gasteiger partial charge in [-0.2, -0.15) is 0 Å². The van der Waals surface area contributed by atoms with Crippen molar-refractivity contribution >= 4 is 44.2 Å². The van der Waals surface area contributed by atoms with Gasteiger partial charge in [0.2, 0.25) is 5.13 Å². The SMILES string of the molecule is Cc1ccc(Nc2nn(CN(CC(C)C)C3CCS(=O)(=O)C3)c(=S)s2)cc1C. The van der Waals surface area contributed by atoms with E-state index in [2.05, 4.69) is 55.1 Å². The molecule has 28 heavy (non-hydrogen) atoms. The molecule has 1 N–H and O–H groups in total. The second kappa shape index (κ2) is 8.61. The van der Waals surface area contributed by atoms with Crippen molar-refractivity contribution in [2.24, 2.45) is 5.92 Å². The van der Waals surface area contributed by atoms with Gasteiger partial charge in [0.25, 0.3) is 0 Å². The maximum absolute atomic E-state index is 11.9. The van der Waals surface area contributed by atoms with Gasteiger partial charge in [0.1, 0.15) is 0 Å². The number of hydrogen-bond donors (Lipinski definition) is 1. The van der Waals surface area contributed by atoms with Crippen molar-refractivity contribution in [3.8, 4) is 0 Å². The molecule has 154 valence electrons. The van der Waals surface area contributed by atoms with Gasteiger partial charge in [0.15, 0.2) is 13.8 Å². The number of anilines is 2. The number of nitrogens with one attached hydrogen (secondary N) is 1. The lowest BCUT2D eigenvalue weighted by molar-refractivity contribution is 0.138. The van der Waals surface area contributed by atoms with Crippen LogP contribution in [0.3, 0.4) is 0 Å². The maximum atomic E-state index is 11.9. The number of benzene rings is 1. The van der Waals surface area contributed by atoms with Crippen molar-refractivity contribution in [1.29, 1.82) is 0 Å².